The van der Waals surface area contributed by atoms with Gasteiger partial charge in [-0.25, -0.2) is 8.42 Å². The van der Waals surface area contributed by atoms with Gasteiger partial charge in [0.25, 0.3) is 10.0 Å². The van der Waals surface area contributed by atoms with Crippen LogP contribution >= 0.6 is 0 Å². The molecule has 1 amide bonds. The van der Waals surface area contributed by atoms with Crippen LogP contribution in [0.3, 0.4) is 0 Å². The highest BCUT2D eigenvalue weighted by Gasteiger charge is 2.37. The SMILES string of the molecule is CCCN1C(=O)C(C)(C)COc2cc(NS(=O)(=O)c3ccc(CC)cc3)ccc21. The van der Waals surface area contributed by atoms with E-state index in [1.54, 1.807) is 35.2 Å². The number of ether oxygens (including phenoxy) is 1. The molecule has 0 aliphatic carbocycles. The first-order valence-corrected chi connectivity index (χ1v) is 11.4. The van der Waals surface area contributed by atoms with Crippen LogP contribution in [0.2, 0.25) is 0 Å². The number of amides is 1. The topological polar surface area (TPSA) is 75.7 Å². The molecule has 6 nitrogen and oxygen atoms in total. The molecule has 0 fully saturated rings. The number of fused-ring (bicyclic) bond motifs is 1. The number of nitrogens with one attached hydrogen (secondary N) is 1. The third kappa shape index (κ3) is 4.40. The van der Waals surface area contributed by atoms with Crippen molar-refractivity contribution in [1.29, 1.82) is 0 Å². The number of aryl methyl sites for hydroxylation is 1. The maximum absolute atomic E-state index is 12.9. The van der Waals surface area contributed by atoms with Crippen LogP contribution < -0.4 is 14.4 Å². The molecule has 0 spiro atoms. The fourth-order valence-corrected chi connectivity index (χ4v) is 4.32. The minimum atomic E-state index is -3.72. The molecule has 0 saturated carbocycles. The summed E-state index contributed by atoms with van der Waals surface area (Å²) in [7, 11) is -3.72. The Balaban J connectivity index is 1.92. The van der Waals surface area contributed by atoms with Gasteiger partial charge in [0.05, 0.1) is 21.7 Å². The summed E-state index contributed by atoms with van der Waals surface area (Å²) >= 11 is 0. The van der Waals surface area contributed by atoms with Crippen LogP contribution in [0, 0.1) is 5.41 Å². The van der Waals surface area contributed by atoms with Crippen molar-refractivity contribution >= 4 is 27.3 Å². The molecule has 0 bridgehead atoms. The van der Waals surface area contributed by atoms with E-state index < -0.39 is 15.4 Å². The summed E-state index contributed by atoms with van der Waals surface area (Å²) in [6, 6.07) is 11.9. The van der Waals surface area contributed by atoms with Crippen molar-refractivity contribution in [1.82, 2.24) is 0 Å². The molecule has 0 radical (unpaired) electrons. The maximum Gasteiger partial charge on any atom is 0.261 e. The molecule has 2 aromatic rings. The molecule has 0 unspecified atom stereocenters. The fourth-order valence-electron chi connectivity index (χ4n) is 3.27. The van der Waals surface area contributed by atoms with Crippen LogP contribution in [0.15, 0.2) is 47.4 Å². The van der Waals surface area contributed by atoms with Gasteiger partial charge in [0.2, 0.25) is 5.91 Å². The molecule has 1 aliphatic heterocycles. The third-order valence-corrected chi connectivity index (χ3v) is 6.40. The second kappa shape index (κ2) is 8.06. The Bertz CT molecular complexity index is 998. The normalized spacial score (nSPS) is 16.0. The predicted molar refractivity (Wildman–Crippen MR) is 115 cm³/mol. The molecule has 1 N–H and O–H groups in total. The van der Waals surface area contributed by atoms with Crippen LogP contribution in [0.5, 0.6) is 5.75 Å². The van der Waals surface area contributed by atoms with Crippen LogP contribution in [0.4, 0.5) is 11.4 Å². The molecule has 2 aromatic carbocycles. The molecule has 1 aliphatic rings. The summed E-state index contributed by atoms with van der Waals surface area (Å²) in [5, 5.41) is 0. The van der Waals surface area contributed by atoms with Gasteiger partial charge in [-0.1, -0.05) is 26.0 Å². The van der Waals surface area contributed by atoms with E-state index in [0.717, 1.165) is 18.4 Å². The summed E-state index contributed by atoms with van der Waals surface area (Å²) in [5.41, 5.74) is 1.48. The summed E-state index contributed by atoms with van der Waals surface area (Å²) in [6.45, 7) is 8.55. The Hall–Kier alpha value is -2.54. The van der Waals surface area contributed by atoms with Crippen LogP contribution in [0.1, 0.15) is 39.7 Å². The molecule has 0 aromatic heterocycles. The zero-order valence-corrected chi connectivity index (χ0v) is 18.2. The van der Waals surface area contributed by atoms with Crippen molar-refractivity contribution in [2.24, 2.45) is 5.41 Å². The lowest BCUT2D eigenvalue weighted by Gasteiger charge is -2.27. The first-order valence-electron chi connectivity index (χ1n) is 9.88. The second-order valence-corrected chi connectivity index (χ2v) is 9.60. The molecule has 7 heteroatoms. The van der Waals surface area contributed by atoms with E-state index in [-0.39, 0.29) is 17.4 Å². The Morgan fingerprint density at radius 3 is 2.41 bits per heavy atom. The van der Waals surface area contributed by atoms with Gasteiger partial charge in [0, 0.05) is 12.6 Å². The molecule has 0 atom stereocenters. The van der Waals surface area contributed by atoms with Gasteiger partial charge < -0.3 is 9.64 Å². The smallest absolute Gasteiger partial charge is 0.261 e. The third-order valence-electron chi connectivity index (χ3n) is 5.00. The monoisotopic (exact) mass is 416 g/mol. The fraction of sp³-hybridized carbons (Fsp3) is 0.409. The van der Waals surface area contributed by atoms with Gasteiger partial charge in [-0.15, -0.1) is 0 Å². The Labute approximate surface area is 172 Å². The summed E-state index contributed by atoms with van der Waals surface area (Å²) < 4.78 is 34.0. The van der Waals surface area contributed by atoms with Crippen molar-refractivity contribution < 1.29 is 17.9 Å². The Morgan fingerprint density at radius 1 is 1.10 bits per heavy atom. The lowest BCUT2D eigenvalue weighted by atomic mass is 9.93. The maximum atomic E-state index is 12.9. The zero-order valence-electron chi connectivity index (χ0n) is 17.4. The van der Waals surface area contributed by atoms with Gasteiger partial charge in [0.15, 0.2) is 0 Å². The van der Waals surface area contributed by atoms with Crippen LogP contribution in [0.25, 0.3) is 0 Å². The van der Waals surface area contributed by atoms with Gasteiger partial charge in [-0.2, -0.15) is 0 Å². The van der Waals surface area contributed by atoms with Crippen molar-refractivity contribution in [2.75, 3.05) is 22.8 Å². The highest BCUT2D eigenvalue weighted by atomic mass is 32.2. The van der Waals surface area contributed by atoms with Gasteiger partial charge >= 0.3 is 0 Å². The van der Waals surface area contributed by atoms with Crippen molar-refractivity contribution in [3.63, 3.8) is 0 Å². The molecule has 29 heavy (non-hydrogen) atoms. The van der Waals surface area contributed by atoms with E-state index in [1.165, 1.54) is 0 Å². The average Bonchev–Trinajstić information content (AvgIpc) is 2.78. The number of nitrogens with zero attached hydrogens (tertiary/aromatic N) is 1. The Morgan fingerprint density at radius 2 is 1.79 bits per heavy atom. The summed E-state index contributed by atoms with van der Waals surface area (Å²) in [5.74, 6) is 0.501. The molecule has 156 valence electrons. The number of hydrogen-bond acceptors (Lipinski definition) is 4. The quantitative estimate of drug-likeness (QED) is 0.765. The first kappa shape index (κ1) is 21.2. The predicted octanol–water partition coefficient (Wildman–Crippen LogP) is 4.21. The highest BCUT2D eigenvalue weighted by molar-refractivity contribution is 7.92. The lowest BCUT2D eigenvalue weighted by molar-refractivity contribution is -0.127. The minimum Gasteiger partial charge on any atom is -0.490 e. The van der Waals surface area contributed by atoms with Gasteiger partial charge in [0.1, 0.15) is 12.4 Å². The van der Waals surface area contributed by atoms with Gasteiger partial charge in [-0.3, -0.25) is 9.52 Å². The van der Waals surface area contributed by atoms with Crippen LogP contribution in [-0.2, 0) is 21.2 Å². The van der Waals surface area contributed by atoms with E-state index >= 15 is 0 Å². The van der Waals surface area contributed by atoms with E-state index in [2.05, 4.69) is 4.72 Å². The number of carbonyl (C=O) groups is 1. The minimum absolute atomic E-state index is 0.00226. The molecule has 1 heterocycles. The number of sulfonamides is 1. The van der Waals surface area contributed by atoms with Gasteiger partial charge in [-0.05, 0) is 56.5 Å². The number of carbonyl (C=O) groups excluding carboxylic acids is 1. The number of hydrogen-bond donors (Lipinski definition) is 1. The van der Waals surface area contributed by atoms with E-state index in [9.17, 15) is 13.2 Å². The lowest BCUT2D eigenvalue weighted by Crippen LogP contribution is -2.42. The number of rotatable bonds is 6. The highest BCUT2D eigenvalue weighted by Crippen LogP contribution is 2.38. The summed E-state index contributed by atoms with van der Waals surface area (Å²) in [4.78, 5) is 14.8. The van der Waals surface area contributed by atoms with E-state index in [1.807, 2.05) is 39.8 Å². The van der Waals surface area contributed by atoms with Crippen molar-refractivity contribution in [3.05, 3.63) is 48.0 Å². The number of benzene rings is 2. The molecular formula is C22H28N2O4S. The second-order valence-electron chi connectivity index (χ2n) is 7.91. The zero-order chi connectivity index (χ0) is 21.2. The van der Waals surface area contributed by atoms with Crippen LogP contribution in [-0.4, -0.2) is 27.5 Å². The van der Waals surface area contributed by atoms with Crippen molar-refractivity contribution in [2.45, 2.75) is 45.4 Å². The Kier molecular flexibility index (Phi) is 5.89. The summed E-state index contributed by atoms with van der Waals surface area (Å²) in [6.07, 6.45) is 1.66. The number of anilines is 2. The largest absolute Gasteiger partial charge is 0.490 e. The van der Waals surface area contributed by atoms with E-state index in [0.29, 0.717) is 23.7 Å². The molecule has 0 saturated heterocycles. The average molecular weight is 417 g/mol. The first-order chi connectivity index (χ1) is 13.7. The standard InChI is InChI=1S/C22H28N2O4S/c1-5-13-24-19-12-9-17(14-20(19)28-15-22(3,4)21(24)25)23-29(26,27)18-10-7-16(6-2)8-11-18/h7-12,14,23H,5-6,13,15H2,1-4H3. The molecule has 3 rings (SSSR count). The van der Waals surface area contributed by atoms with E-state index in [4.69, 9.17) is 4.74 Å². The van der Waals surface area contributed by atoms with Crippen molar-refractivity contribution in [3.8, 4) is 5.75 Å². The molecular weight excluding hydrogens is 388 g/mol.